The van der Waals surface area contributed by atoms with Crippen molar-refractivity contribution in [1.82, 2.24) is 5.32 Å². The molecule has 0 fully saturated rings. The molecule has 0 spiro atoms. The van der Waals surface area contributed by atoms with Crippen LogP contribution in [-0.2, 0) is 0 Å². The lowest BCUT2D eigenvalue weighted by Crippen LogP contribution is -2.50. The first-order chi connectivity index (χ1) is 9.01. The highest BCUT2D eigenvalue weighted by molar-refractivity contribution is 5.95. The Balaban J connectivity index is 2.94. The zero-order chi connectivity index (χ0) is 14.5. The molecule has 4 N–H and O–H groups in total. The Kier molecular flexibility index (Phi) is 5.18. The number of methoxy groups -OCH3 is 1. The van der Waals surface area contributed by atoms with Crippen LogP contribution in [0.2, 0.25) is 0 Å². The van der Waals surface area contributed by atoms with Crippen molar-refractivity contribution >= 4 is 11.6 Å². The van der Waals surface area contributed by atoms with Crippen LogP contribution in [0.4, 0.5) is 5.69 Å². The van der Waals surface area contributed by atoms with Gasteiger partial charge in [-0.1, -0.05) is 13.8 Å². The highest BCUT2D eigenvalue weighted by Crippen LogP contribution is 2.23. The number of benzene rings is 1. The summed E-state index contributed by atoms with van der Waals surface area (Å²) in [5.41, 5.74) is 6.08. The van der Waals surface area contributed by atoms with E-state index in [9.17, 15) is 9.90 Å². The Bertz CT molecular complexity index is 434. The third-order valence-corrected chi connectivity index (χ3v) is 3.53. The molecule has 0 radical (unpaired) electrons. The normalized spacial score (nSPS) is 11.2. The van der Waals surface area contributed by atoms with Crippen LogP contribution in [0, 0.1) is 0 Å². The van der Waals surface area contributed by atoms with Gasteiger partial charge in [-0.25, -0.2) is 0 Å². The minimum absolute atomic E-state index is 0.0855. The summed E-state index contributed by atoms with van der Waals surface area (Å²) in [4.78, 5) is 12.2. The van der Waals surface area contributed by atoms with Crippen LogP contribution in [0.3, 0.4) is 0 Å². The largest absolute Gasteiger partial charge is 0.495 e. The number of rotatable bonds is 6. The maximum absolute atomic E-state index is 12.2. The first-order valence-electron chi connectivity index (χ1n) is 6.38. The number of ether oxygens (including phenoxy) is 1. The van der Waals surface area contributed by atoms with Gasteiger partial charge in [0.15, 0.2) is 0 Å². The van der Waals surface area contributed by atoms with Gasteiger partial charge in [0.05, 0.1) is 24.9 Å². The van der Waals surface area contributed by atoms with E-state index in [-0.39, 0.29) is 12.5 Å². The van der Waals surface area contributed by atoms with Crippen molar-refractivity contribution < 1.29 is 14.6 Å². The van der Waals surface area contributed by atoms with E-state index in [4.69, 9.17) is 10.5 Å². The molecule has 1 aromatic carbocycles. The average Bonchev–Trinajstić information content (AvgIpc) is 2.45. The predicted octanol–water partition coefficient (Wildman–Crippen LogP) is 1.56. The number of nitrogens with two attached hydrogens (primary N) is 1. The molecule has 1 aromatic rings. The lowest BCUT2D eigenvalue weighted by atomic mass is 9.93. The highest BCUT2D eigenvalue weighted by Gasteiger charge is 2.27. The zero-order valence-electron chi connectivity index (χ0n) is 11.7. The second-order valence-corrected chi connectivity index (χ2v) is 4.56. The number of carbonyl (C=O) groups excluding carboxylic acids is 1. The van der Waals surface area contributed by atoms with Gasteiger partial charge in [0.25, 0.3) is 5.91 Å². The van der Waals surface area contributed by atoms with Crippen LogP contribution < -0.4 is 15.8 Å². The molecule has 0 atom stereocenters. The molecular weight excluding hydrogens is 244 g/mol. The molecule has 0 saturated heterocycles. The van der Waals surface area contributed by atoms with Crippen molar-refractivity contribution in [2.45, 2.75) is 32.2 Å². The maximum Gasteiger partial charge on any atom is 0.251 e. The van der Waals surface area contributed by atoms with E-state index in [1.807, 2.05) is 13.8 Å². The Hall–Kier alpha value is -1.75. The van der Waals surface area contributed by atoms with Crippen LogP contribution in [0.5, 0.6) is 5.75 Å². The summed E-state index contributed by atoms with van der Waals surface area (Å²) in [5.74, 6) is 0.228. The number of hydrogen-bond acceptors (Lipinski definition) is 4. The number of aliphatic hydroxyl groups excluding tert-OH is 1. The summed E-state index contributed by atoms with van der Waals surface area (Å²) in [7, 11) is 1.50. The average molecular weight is 266 g/mol. The third kappa shape index (κ3) is 3.38. The second kappa shape index (κ2) is 6.43. The second-order valence-electron chi connectivity index (χ2n) is 4.56. The van der Waals surface area contributed by atoms with Crippen molar-refractivity contribution in [2.75, 3.05) is 19.5 Å². The topological polar surface area (TPSA) is 84.6 Å². The highest BCUT2D eigenvalue weighted by atomic mass is 16.5. The quantitative estimate of drug-likeness (QED) is 0.682. The Morgan fingerprint density at radius 2 is 2.05 bits per heavy atom. The smallest absolute Gasteiger partial charge is 0.251 e. The molecule has 0 aliphatic carbocycles. The Morgan fingerprint density at radius 3 is 2.53 bits per heavy atom. The van der Waals surface area contributed by atoms with Gasteiger partial charge >= 0.3 is 0 Å². The van der Waals surface area contributed by atoms with Gasteiger partial charge in [-0.2, -0.15) is 0 Å². The maximum atomic E-state index is 12.2. The molecule has 19 heavy (non-hydrogen) atoms. The van der Waals surface area contributed by atoms with E-state index >= 15 is 0 Å². The summed E-state index contributed by atoms with van der Waals surface area (Å²) in [6, 6.07) is 4.87. The first kappa shape index (κ1) is 15.3. The fourth-order valence-corrected chi connectivity index (χ4v) is 1.86. The molecule has 0 saturated carbocycles. The summed E-state index contributed by atoms with van der Waals surface area (Å²) in [6.45, 7) is 3.78. The summed E-state index contributed by atoms with van der Waals surface area (Å²) in [5, 5.41) is 12.3. The van der Waals surface area contributed by atoms with Gasteiger partial charge in [0, 0.05) is 5.56 Å². The zero-order valence-corrected chi connectivity index (χ0v) is 11.7. The molecule has 0 aromatic heterocycles. The number of aliphatic hydroxyl groups is 1. The van der Waals surface area contributed by atoms with E-state index in [0.717, 1.165) is 0 Å². The number of nitrogens with one attached hydrogen (secondary N) is 1. The fourth-order valence-electron chi connectivity index (χ4n) is 1.86. The van der Waals surface area contributed by atoms with Crippen LogP contribution in [0.25, 0.3) is 0 Å². The van der Waals surface area contributed by atoms with Gasteiger partial charge in [-0.15, -0.1) is 0 Å². The van der Waals surface area contributed by atoms with Crippen LogP contribution in [0.1, 0.15) is 37.0 Å². The molecule has 5 nitrogen and oxygen atoms in total. The van der Waals surface area contributed by atoms with Gasteiger partial charge in [0.1, 0.15) is 5.75 Å². The molecule has 0 heterocycles. The van der Waals surface area contributed by atoms with Gasteiger partial charge in [-0.3, -0.25) is 4.79 Å². The van der Waals surface area contributed by atoms with Crippen LogP contribution in [0.15, 0.2) is 18.2 Å². The van der Waals surface area contributed by atoms with Crippen molar-refractivity contribution in [2.24, 2.45) is 0 Å². The first-order valence-corrected chi connectivity index (χ1v) is 6.38. The van der Waals surface area contributed by atoms with Crippen LogP contribution >= 0.6 is 0 Å². The molecule has 5 heteroatoms. The summed E-state index contributed by atoms with van der Waals surface area (Å²) < 4.78 is 5.09. The number of hydrogen-bond donors (Lipinski definition) is 3. The van der Waals surface area contributed by atoms with Crippen molar-refractivity contribution in [3.63, 3.8) is 0 Å². The lowest BCUT2D eigenvalue weighted by molar-refractivity contribution is 0.0817. The summed E-state index contributed by atoms with van der Waals surface area (Å²) >= 11 is 0. The minimum atomic E-state index is -0.578. The van der Waals surface area contributed by atoms with Crippen LogP contribution in [-0.4, -0.2) is 30.3 Å². The number of anilines is 1. The lowest BCUT2D eigenvalue weighted by Gasteiger charge is -2.30. The molecular formula is C14H22N2O3. The van der Waals surface area contributed by atoms with E-state index in [2.05, 4.69) is 5.32 Å². The van der Waals surface area contributed by atoms with Gasteiger partial charge in [-0.05, 0) is 31.0 Å². The molecule has 0 aliphatic rings. The fraction of sp³-hybridized carbons (Fsp3) is 0.500. The van der Waals surface area contributed by atoms with E-state index in [0.29, 0.717) is 29.8 Å². The predicted molar refractivity (Wildman–Crippen MR) is 75.3 cm³/mol. The van der Waals surface area contributed by atoms with Crippen molar-refractivity contribution in [1.29, 1.82) is 0 Å². The SMILES string of the molecule is CCC(CC)(CO)NC(=O)c1ccc(N)c(OC)c1. The van der Waals surface area contributed by atoms with Gasteiger partial charge < -0.3 is 20.9 Å². The molecule has 0 bridgehead atoms. The molecule has 1 rings (SSSR count). The summed E-state index contributed by atoms with van der Waals surface area (Å²) in [6.07, 6.45) is 1.33. The van der Waals surface area contributed by atoms with Crippen molar-refractivity contribution in [3.05, 3.63) is 23.8 Å². The molecule has 1 amide bonds. The monoisotopic (exact) mass is 266 g/mol. The van der Waals surface area contributed by atoms with Crippen molar-refractivity contribution in [3.8, 4) is 5.75 Å². The third-order valence-electron chi connectivity index (χ3n) is 3.53. The molecule has 0 aliphatic heterocycles. The standard InChI is InChI=1S/C14H22N2O3/c1-4-14(5-2,9-17)16-13(18)10-6-7-11(15)12(8-10)19-3/h6-8,17H,4-5,9,15H2,1-3H3,(H,16,18). The molecule has 106 valence electrons. The number of carbonyl (C=O) groups is 1. The van der Waals surface area contributed by atoms with E-state index in [1.165, 1.54) is 7.11 Å². The molecule has 0 unspecified atom stereocenters. The van der Waals surface area contributed by atoms with Gasteiger partial charge in [0.2, 0.25) is 0 Å². The van der Waals surface area contributed by atoms with E-state index in [1.54, 1.807) is 18.2 Å². The van der Waals surface area contributed by atoms with E-state index < -0.39 is 5.54 Å². The Labute approximate surface area is 113 Å². The Morgan fingerprint density at radius 1 is 1.42 bits per heavy atom. The number of nitrogen functional groups attached to an aromatic ring is 1. The minimum Gasteiger partial charge on any atom is -0.495 e. The number of amides is 1.